The Morgan fingerprint density at radius 1 is 0.878 bits per heavy atom. The largest absolute Gasteiger partial charge is 0.493 e. The highest BCUT2D eigenvalue weighted by Crippen LogP contribution is 2.55. The number of carbonyl (C=O) groups is 3. The van der Waals surface area contributed by atoms with E-state index in [0.29, 0.717) is 60.4 Å². The number of ketones is 2. The van der Waals surface area contributed by atoms with Gasteiger partial charge in [-0.05, 0) is 72.4 Å². The molecule has 0 bridgehead atoms. The number of carbonyl (C=O) groups excluding carboxylic acids is 3. The molecular formula is C41H45ClN2O5. The second-order valence-electron chi connectivity index (χ2n) is 15.3. The molecule has 0 unspecified atom stereocenters. The Morgan fingerprint density at radius 2 is 1.49 bits per heavy atom. The third kappa shape index (κ3) is 7.04. The van der Waals surface area contributed by atoms with Gasteiger partial charge in [0, 0.05) is 53.5 Å². The molecule has 1 amide bonds. The van der Waals surface area contributed by atoms with Gasteiger partial charge in [-0.2, -0.15) is 0 Å². The lowest BCUT2D eigenvalue weighted by atomic mass is 9.63. The van der Waals surface area contributed by atoms with E-state index in [-0.39, 0.29) is 45.7 Å². The molecule has 49 heavy (non-hydrogen) atoms. The molecule has 0 aromatic heterocycles. The SMILES string of the molecule is COc1cc(C2C3=C(CC(C)(C)CC3=O)N(Cc3ccccc3)C3=C2C(=O)CC(C)(C)C3)cc(Cl)c1OCC(=O)Nc1ccc(C)cc1C. The van der Waals surface area contributed by atoms with Gasteiger partial charge in [0.05, 0.1) is 12.1 Å². The minimum atomic E-state index is -0.600. The van der Waals surface area contributed by atoms with Gasteiger partial charge in [-0.15, -0.1) is 0 Å². The van der Waals surface area contributed by atoms with Gasteiger partial charge in [-0.3, -0.25) is 14.4 Å². The van der Waals surface area contributed by atoms with Crippen LogP contribution in [-0.2, 0) is 20.9 Å². The van der Waals surface area contributed by atoms with Gasteiger partial charge in [0.25, 0.3) is 5.91 Å². The Balaban J connectivity index is 1.42. The first kappa shape index (κ1) is 34.5. The first-order valence-corrected chi connectivity index (χ1v) is 17.3. The highest BCUT2D eigenvalue weighted by molar-refractivity contribution is 6.32. The first-order valence-electron chi connectivity index (χ1n) is 16.9. The van der Waals surface area contributed by atoms with Crippen LogP contribution in [0.2, 0.25) is 5.02 Å². The van der Waals surface area contributed by atoms with E-state index in [9.17, 15) is 14.4 Å². The Kier molecular flexibility index (Phi) is 9.27. The smallest absolute Gasteiger partial charge is 0.262 e. The van der Waals surface area contributed by atoms with Gasteiger partial charge in [-0.1, -0.05) is 87.3 Å². The van der Waals surface area contributed by atoms with Crippen LogP contribution < -0.4 is 14.8 Å². The second-order valence-corrected chi connectivity index (χ2v) is 15.7. The van der Waals surface area contributed by atoms with Gasteiger partial charge in [0.2, 0.25) is 0 Å². The van der Waals surface area contributed by atoms with Crippen molar-refractivity contribution in [1.82, 2.24) is 4.90 Å². The monoisotopic (exact) mass is 680 g/mol. The number of rotatable bonds is 8. The van der Waals surface area contributed by atoms with Crippen molar-refractivity contribution < 1.29 is 23.9 Å². The summed E-state index contributed by atoms with van der Waals surface area (Å²) in [6.45, 7) is 12.7. The third-order valence-corrected chi connectivity index (χ3v) is 10.1. The average Bonchev–Trinajstić information content (AvgIpc) is 3.01. The molecule has 0 fully saturated rings. The van der Waals surface area contributed by atoms with E-state index >= 15 is 0 Å². The number of hydrogen-bond acceptors (Lipinski definition) is 6. The lowest BCUT2D eigenvalue weighted by Gasteiger charge is -2.49. The van der Waals surface area contributed by atoms with Crippen molar-refractivity contribution in [2.45, 2.75) is 79.7 Å². The highest BCUT2D eigenvalue weighted by Gasteiger charge is 2.49. The van der Waals surface area contributed by atoms with Gasteiger partial charge in [0.15, 0.2) is 29.7 Å². The summed E-state index contributed by atoms with van der Waals surface area (Å²) in [6, 6.07) is 19.6. The molecule has 0 radical (unpaired) electrons. The van der Waals surface area contributed by atoms with Crippen LogP contribution in [0, 0.1) is 24.7 Å². The number of ether oxygens (including phenoxy) is 2. The number of methoxy groups -OCH3 is 1. The molecule has 3 aromatic rings. The topological polar surface area (TPSA) is 84.9 Å². The molecule has 0 spiro atoms. The molecule has 8 heteroatoms. The fraction of sp³-hybridized carbons (Fsp3) is 0.390. The number of allylic oxidation sites excluding steroid dienone is 4. The zero-order valence-electron chi connectivity index (χ0n) is 29.5. The van der Waals surface area contributed by atoms with Crippen molar-refractivity contribution in [3.63, 3.8) is 0 Å². The van der Waals surface area contributed by atoms with Crippen LogP contribution in [-0.4, -0.2) is 36.1 Å². The number of Topliss-reactive ketones (excluding diaryl/α,β-unsaturated/α-hetero) is 2. The average molecular weight is 681 g/mol. The van der Waals surface area contributed by atoms with Crippen LogP contribution in [0.25, 0.3) is 0 Å². The van der Waals surface area contributed by atoms with Crippen molar-refractivity contribution in [3.8, 4) is 11.5 Å². The second kappa shape index (κ2) is 13.2. The van der Waals surface area contributed by atoms with E-state index in [4.69, 9.17) is 21.1 Å². The molecule has 1 N–H and O–H groups in total. The lowest BCUT2D eigenvalue weighted by molar-refractivity contribution is -0.120. The normalized spacial score (nSPS) is 18.7. The van der Waals surface area contributed by atoms with Crippen LogP contribution >= 0.6 is 11.6 Å². The van der Waals surface area contributed by atoms with Gasteiger partial charge in [0.1, 0.15) is 0 Å². The minimum absolute atomic E-state index is 0.0389. The molecule has 3 aromatic carbocycles. The van der Waals surface area contributed by atoms with E-state index in [1.807, 2.05) is 50.2 Å². The van der Waals surface area contributed by atoms with Crippen molar-refractivity contribution in [1.29, 1.82) is 0 Å². The van der Waals surface area contributed by atoms with E-state index < -0.39 is 5.92 Å². The van der Waals surface area contributed by atoms with Crippen molar-refractivity contribution in [2.75, 3.05) is 19.0 Å². The summed E-state index contributed by atoms with van der Waals surface area (Å²) in [7, 11) is 1.51. The van der Waals surface area contributed by atoms with Gasteiger partial charge >= 0.3 is 0 Å². The standard InChI is InChI=1S/C41H45ClN2O5/c1-24-13-14-29(25(2)15-24)43-35(47)23-49-39-28(42)16-27(17-34(39)48-7)36-37-30(18-40(3,4)20-32(37)45)44(22-26-11-9-8-10-12-26)31-19-41(5,6)21-33(46)38(31)36/h8-17,36H,18-23H2,1-7H3,(H,43,47). The Morgan fingerprint density at radius 3 is 2.06 bits per heavy atom. The summed E-state index contributed by atoms with van der Waals surface area (Å²) in [5.41, 5.74) is 7.33. The Labute approximate surface area is 294 Å². The van der Waals surface area contributed by atoms with Gasteiger partial charge in [-0.25, -0.2) is 0 Å². The summed E-state index contributed by atoms with van der Waals surface area (Å²) in [5, 5.41) is 3.13. The van der Waals surface area contributed by atoms with E-state index in [1.165, 1.54) is 7.11 Å². The molecule has 0 saturated carbocycles. The first-order chi connectivity index (χ1) is 23.2. The number of amides is 1. The third-order valence-electron chi connectivity index (χ3n) is 9.79. The van der Waals surface area contributed by atoms with Crippen molar-refractivity contribution in [3.05, 3.63) is 110 Å². The summed E-state index contributed by atoms with van der Waals surface area (Å²) < 4.78 is 11.7. The maximum Gasteiger partial charge on any atom is 0.262 e. The predicted molar refractivity (Wildman–Crippen MR) is 193 cm³/mol. The van der Waals surface area contributed by atoms with Crippen molar-refractivity contribution >= 4 is 34.8 Å². The Hall–Kier alpha value is -4.36. The zero-order chi connectivity index (χ0) is 35.2. The number of nitrogens with zero attached hydrogens (tertiary/aromatic N) is 1. The molecular weight excluding hydrogens is 636 g/mol. The highest BCUT2D eigenvalue weighted by atomic mass is 35.5. The Bertz CT molecular complexity index is 1850. The fourth-order valence-electron chi connectivity index (χ4n) is 7.66. The molecule has 1 heterocycles. The maximum absolute atomic E-state index is 14.3. The number of anilines is 1. The summed E-state index contributed by atoms with van der Waals surface area (Å²) >= 11 is 6.92. The van der Waals surface area contributed by atoms with E-state index in [2.05, 4.69) is 50.0 Å². The number of aryl methyl sites for hydroxylation is 2. The fourth-order valence-corrected chi connectivity index (χ4v) is 7.94. The van der Waals surface area contributed by atoms with Gasteiger partial charge < -0.3 is 19.7 Å². The van der Waals surface area contributed by atoms with Crippen LogP contribution in [0.1, 0.15) is 81.5 Å². The van der Waals surface area contributed by atoms with Crippen LogP contribution in [0.15, 0.2) is 83.2 Å². The molecule has 7 nitrogen and oxygen atoms in total. The molecule has 0 atom stereocenters. The predicted octanol–water partition coefficient (Wildman–Crippen LogP) is 8.87. The molecule has 6 rings (SSSR count). The van der Waals surface area contributed by atoms with Crippen LogP contribution in [0.3, 0.4) is 0 Å². The number of hydrogen-bond donors (Lipinski definition) is 1. The van der Waals surface area contributed by atoms with E-state index in [1.54, 1.807) is 12.1 Å². The lowest BCUT2D eigenvalue weighted by Crippen LogP contribution is -2.44. The number of benzene rings is 3. The summed E-state index contributed by atoms with van der Waals surface area (Å²) in [4.78, 5) is 43.7. The number of nitrogens with one attached hydrogen (secondary N) is 1. The molecule has 1 aliphatic heterocycles. The quantitative estimate of drug-likeness (QED) is 0.256. The molecule has 3 aliphatic rings. The molecule has 2 aliphatic carbocycles. The van der Waals surface area contributed by atoms with Crippen LogP contribution in [0.4, 0.5) is 5.69 Å². The summed E-state index contributed by atoms with van der Waals surface area (Å²) in [5.74, 6) is -0.312. The molecule has 256 valence electrons. The number of halogens is 1. The van der Waals surface area contributed by atoms with Crippen LogP contribution in [0.5, 0.6) is 11.5 Å². The minimum Gasteiger partial charge on any atom is -0.493 e. The summed E-state index contributed by atoms with van der Waals surface area (Å²) in [6.07, 6.45) is 2.16. The maximum atomic E-state index is 14.3. The zero-order valence-corrected chi connectivity index (χ0v) is 30.2. The molecule has 0 saturated heterocycles. The van der Waals surface area contributed by atoms with E-state index in [0.717, 1.165) is 28.1 Å². The van der Waals surface area contributed by atoms with Crippen molar-refractivity contribution in [2.24, 2.45) is 10.8 Å².